The summed E-state index contributed by atoms with van der Waals surface area (Å²) >= 11 is 1.48. The van der Waals surface area contributed by atoms with Crippen LogP contribution in [0.4, 0.5) is 10.8 Å². The van der Waals surface area contributed by atoms with Gasteiger partial charge in [-0.2, -0.15) is 0 Å². The number of nitrogens with one attached hydrogen (secondary N) is 2. The van der Waals surface area contributed by atoms with Gasteiger partial charge in [0.1, 0.15) is 11.3 Å². The Morgan fingerprint density at radius 2 is 1.88 bits per heavy atom. The van der Waals surface area contributed by atoms with Crippen molar-refractivity contribution in [3.05, 3.63) is 35.5 Å². The predicted molar refractivity (Wildman–Crippen MR) is 150 cm³/mol. The highest BCUT2D eigenvalue weighted by atomic mass is 32.1. The Morgan fingerprint density at radius 3 is 2.55 bits per heavy atom. The monoisotopic (exact) mass is 561 g/mol. The van der Waals surface area contributed by atoms with Gasteiger partial charge in [0.2, 0.25) is 5.88 Å². The zero-order valence-electron chi connectivity index (χ0n) is 22.5. The van der Waals surface area contributed by atoms with Crippen LogP contribution in [0.1, 0.15) is 59.2 Å². The van der Waals surface area contributed by atoms with Gasteiger partial charge < -0.3 is 29.7 Å². The zero-order valence-corrected chi connectivity index (χ0v) is 23.3. The highest BCUT2D eigenvalue weighted by Crippen LogP contribution is 2.75. The minimum atomic E-state index is -0.385. The van der Waals surface area contributed by atoms with Gasteiger partial charge in [-0.25, -0.2) is 9.97 Å². The lowest BCUT2D eigenvalue weighted by Gasteiger charge is -2.71. The number of nitrogens with zero attached hydrogens (tertiary/aromatic N) is 3. The fourth-order valence-electron chi connectivity index (χ4n) is 7.56. The van der Waals surface area contributed by atoms with Crippen LogP contribution in [-0.4, -0.2) is 66.8 Å². The molecule has 4 aliphatic carbocycles. The highest BCUT2D eigenvalue weighted by molar-refractivity contribution is 7.22. The number of anilines is 2. The maximum absolute atomic E-state index is 13.8. The lowest BCUT2D eigenvalue weighted by atomic mass is 9.37. The fourth-order valence-corrected chi connectivity index (χ4v) is 8.81. The number of fused-ring (bicyclic) bond motifs is 3. The molecule has 0 spiro atoms. The second-order valence-electron chi connectivity index (χ2n) is 12.1. The summed E-state index contributed by atoms with van der Waals surface area (Å²) in [6.07, 6.45) is 8.39. The summed E-state index contributed by atoms with van der Waals surface area (Å²) < 4.78 is 17.3. The molecule has 9 rings (SSSR count). The Morgan fingerprint density at radius 1 is 1.10 bits per heavy atom. The van der Waals surface area contributed by atoms with E-state index in [0.29, 0.717) is 59.2 Å². The Hall–Kier alpha value is -3.44. The number of morpholine rings is 1. The molecule has 2 atom stereocenters. The lowest BCUT2D eigenvalue weighted by Crippen LogP contribution is -2.75. The topological polar surface area (TPSA) is 115 Å². The number of thiazole rings is 1. The van der Waals surface area contributed by atoms with Crippen LogP contribution in [0.15, 0.2) is 24.4 Å². The molecule has 2 unspecified atom stereocenters. The number of hydrogen-bond donors (Lipinski definition) is 2. The van der Waals surface area contributed by atoms with Crippen LogP contribution in [0.2, 0.25) is 0 Å². The number of carbonyl (C=O) groups excluding carboxylic acids is 2. The molecule has 11 heteroatoms. The summed E-state index contributed by atoms with van der Waals surface area (Å²) in [5.74, 6) is 0.993. The summed E-state index contributed by atoms with van der Waals surface area (Å²) in [5.41, 5.74) is 2.12. The van der Waals surface area contributed by atoms with Crippen LogP contribution in [0.5, 0.6) is 11.6 Å². The molecule has 2 saturated heterocycles. The number of methoxy groups -OCH3 is 2. The van der Waals surface area contributed by atoms with Gasteiger partial charge in [0.05, 0.1) is 67.2 Å². The van der Waals surface area contributed by atoms with Gasteiger partial charge in [-0.3, -0.25) is 9.59 Å². The van der Waals surface area contributed by atoms with Crippen molar-refractivity contribution < 1.29 is 23.8 Å². The number of benzene rings is 1. The average molecular weight is 562 g/mol. The molecule has 208 valence electrons. The van der Waals surface area contributed by atoms with Crippen LogP contribution < -0.4 is 25.0 Å². The average Bonchev–Trinajstić information content (AvgIpc) is 3.68. The lowest BCUT2D eigenvalue weighted by molar-refractivity contribution is -0.162. The number of pyridine rings is 1. The molecule has 0 radical (unpaired) electrons. The van der Waals surface area contributed by atoms with Crippen molar-refractivity contribution in [1.82, 2.24) is 15.3 Å². The predicted octanol–water partition coefficient (Wildman–Crippen LogP) is 4.00. The van der Waals surface area contributed by atoms with Crippen molar-refractivity contribution in [2.75, 3.05) is 37.7 Å². The molecule has 2 aromatic heterocycles. The van der Waals surface area contributed by atoms with E-state index in [4.69, 9.17) is 19.2 Å². The Labute approximate surface area is 235 Å². The molecule has 10 nitrogen and oxygen atoms in total. The van der Waals surface area contributed by atoms with Crippen LogP contribution >= 0.6 is 11.3 Å². The third kappa shape index (κ3) is 3.56. The molecule has 2 aliphatic heterocycles. The van der Waals surface area contributed by atoms with E-state index in [0.717, 1.165) is 46.9 Å². The number of aromatic nitrogens is 2. The molecule has 40 heavy (non-hydrogen) atoms. The molecular weight excluding hydrogens is 530 g/mol. The Kier molecular flexibility index (Phi) is 5.20. The Bertz CT molecular complexity index is 1530. The van der Waals surface area contributed by atoms with Crippen LogP contribution in [-0.2, 0) is 4.74 Å². The molecule has 2 N–H and O–H groups in total. The van der Waals surface area contributed by atoms with Crippen molar-refractivity contribution in [2.45, 2.75) is 56.1 Å². The summed E-state index contributed by atoms with van der Waals surface area (Å²) in [7, 11) is 3.05. The summed E-state index contributed by atoms with van der Waals surface area (Å²) in [6.45, 7) is 1.39. The first-order valence-electron chi connectivity index (χ1n) is 13.9. The van der Waals surface area contributed by atoms with Gasteiger partial charge in [-0.05, 0) is 62.0 Å². The molecule has 6 fully saturated rings. The van der Waals surface area contributed by atoms with Gasteiger partial charge >= 0.3 is 0 Å². The van der Waals surface area contributed by atoms with Gasteiger partial charge in [-0.15, -0.1) is 0 Å². The molecule has 2 amide bonds. The van der Waals surface area contributed by atoms with E-state index in [1.54, 1.807) is 19.2 Å². The normalized spacial score (nSPS) is 29.6. The highest BCUT2D eigenvalue weighted by Gasteiger charge is 2.72. The van der Waals surface area contributed by atoms with E-state index < -0.39 is 0 Å². The fraction of sp³-hybridized carbons (Fsp3) is 0.517. The molecule has 4 heterocycles. The third-order valence-electron chi connectivity index (χ3n) is 9.60. The standard InChI is InChI=1S/C29H31N5O5S/c1-37-21-6-5-19-24(40-27(32-19)34-16-7-17(34)11-39-10-16)23(21)26(36)31-20-9-30-22(38-2)8-18(20)25(35)33-29-12-28(13-29,14-29)15-3-4-15/h5-6,8-9,15-17H,3-4,7,10-14H2,1-2H3,(H,31,36)(H,33,35). The maximum atomic E-state index is 13.8. The van der Waals surface area contributed by atoms with Gasteiger partial charge in [0, 0.05) is 11.6 Å². The quantitative estimate of drug-likeness (QED) is 0.424. The first-order valence-corrected chi connectivity index (χ1v) is 14.7. The molecule has 3 aromatic rings. The van der Waals surface area contributed by atoms with E-state index in [1.807, 2.05) is 6.07 Å². The molecular formula is C29H31N5O5S. The summed E-state index contributed by atoms with van der Waals surface area (Å²) in [4.78, 5) is 38.8. The molecule has 4 saturated carbocycles. The van der Waals surface area contributed by atoms with Crippen LogP contribution in [0, 0.1) is 11.3 Å². The van der Waals surface area contributed by atoms with Crippen molar-refractivity contribution in [1.29, 1.82) is 0 Å². The Balaban J connectivity index is 1.08. The van der Waals surface area contributed by atoms with Crippen LogP contribution in [0.25, 0.3) is 10.2 Å². The number of carbonyl (C=O) groups is 2. The van der Waals surface area contributed by atoms with Crippen molar-refractivity contribution in [2.24, 2.45) is 11.3 Å². The second-order valence-corrected chi connectivity index (χ2v) is 13.1. The van der Waals surface area contributed by atoms with E-state index >= 15 is 0 Å². The molecule has 1 aromatic carbocycles. The number of hydrogen-bond acceptors (Lipinski definition) is 9. The number of rotatable bonds is 8. The van der Waals surface area contributed by atoms with E-state index in [-0.39, 0.29) is 17.4 Å². The van der Waals surface area contributed by atoms with Crippen molar-refractivity contribution >= 4 is 44.2 Å². The summed E-state index contributed by atoms with van der Waals surface area (Å²) in [6, 6.07) is 5.87. The zero-order chi connectivity index (χ0) is 27.2. The largest absolute Gasteiger partial charge is 0.496 e. The van der Waals surface area contributed by atoms with Gasteiger partial charge in [0.25, 0.3) is 11.8 Å². The minimum absolute atomic E-state index is 0.120. The van der Waals surface area contributed by atoms with E-state index in [9.17, 15) is 9.59 Å². The summed E-state index contributed by atoms with van der Waals surface area (Å²) in [5, 5.41) is 7.10. The van der Waals surface area contributed by atoms with E-state index in [1.165, 1.54) is 37.5 Å². The van der Waals surface area contributed by atoms with Crippen LogP contribution in [0.3, 0.4) is 0 Å². The minimum Gasteiger partial charge on any atom is -0.496 e. The van der Waals surface area contributed by atoms with Gasteiger partial charge in [0.15, 0.2) is 5.13 Å². The SMILES string of the molecule is COc1cc(C(=O)NC23CC(C4CC4)(C2)C3)c(NC(=O)c2c(OC)ccc3nc(N4C5COCC4C5)sc23)cn1. The number of ether oxygens (including phenoxy) is 3. The van der Waals surface area contributed by atoms with Crippen molar-refractivity contribution in [3.63, 3.8) is 0 Å². The molecule has 6 aliphatic rings. The smallest absolute Gasteiger partial charge is 0.261 e. The first-order chi connectivity index (χ1) is 19.4. The van der Waals surface area contributed by atoms with Crippen molar-refractivity contribution in [3.8, 4) is 11.6 Å². The van der Waals surface area contributed by atoms with E-state index in [2.05, 4.69) is 20.5 Å². The second kappa shape index (κ2) is 8.53. The molecule has 4 bridgehead atoms. The van der Waals surface area contributed by atoms with Gasteiger partial charge in [-0.1, -0.05) is 11.3 Å². The first kappa shape index (κ1) is 24.4. The number of amides is 2. The third-order valence-corrected chi connectivity index (χ3v) is 10.7. The maximum Gasteiger partial charge on any atom is 0.261 e.